The van der Waals surface area contributed by atoms with Gasteiger partial charge >= 0.3 is 0 Å². The highest BCUT2D eigenvalue weighted by Crippen LogP contribution is 2.24. The van der Waals surface area contributed by atoms with E-state index in [9.17, 15) is 8.42 Å². The molecule has 3 nitrogen and oxygen atoms in total. The summed E-state index contributed by atoms with van der Waals surface area (Å²) < 4.78 is 28.2. The van der Waals surface area contributed by atoms with Crippen molar-refractivity contribution >= 4 is 10.0 Å². The summed E-state index contributed by atoms with van der Waals surface area (Å²) in [5.41, 5.74) is 4.74. The van der Waals surface area contributed by atoms with Crippen molar-refractivity contribution in [3.8, 4) is 0 Å². The minimum absolute atomic E-state index is 0.272. The Kier molecular flexibility index (Phi) is 4.73. The zero-order valence-electron chi connectivity index (χ0n) is 13.8. The average molecular weight is 317 g/mol. The SMILES string of the molecule is Cc1ccc(C(C)NS(=O)(=O)c2c(C)cc(C)cc2C)cc1. The Balaban J connectivity index is 2.34. The Labute approximate surface area is 133 Å². The van der Waals surface area contributed by atoms with Gasteiger partial charge < -0.3 is 0 Å². The van der Waals surface area contributed by atoms with E-state index < -0.39 is 10.0 Å². The minimum Gasteiger partial charge on any atom is -0.207 e. The van der Waals surface area contributed by atoms with Crippen LogP contribution in [0.25, 0.3) is 0 Å². The molecule has 1 unspecified atom stereocenters. The van der Waals surface area contributed by atoms with Gasteiger partial charge in [-0.25, -0.2) is 13.1 Å². The number of aryl methyl sites for hydroxylation is 4. The molecular weight excluding hydrogens is 294 g/mol. The molecule has 0 fully saturated rings. The van der Waals surface area contributed by atoms with Crippen LogP contribution in [0.2, 0.25) is 0 Å². The molecule has 0 aliphatic rings. The van der Waals surface area contributed by atoms with Gasteiger partial charge in [0.05, 0.1) is 4.90 Å². The molecule has 0 aliphatic carbocycles. The summed E-state index contributed by atoms with van der Waals surface area (Å²) in [5, 5.41) is 0. The molecule has 0 aromatic heterocycles. The number of nitrogens with one attached hydrogen (secondary N) is 1. The zero-order chi connectivity index (χ0) is 16.5. The lowest BCUT2D eigenvalue weighted by molar-refractivity contribution is 0.565. The second-order valence-electron chi connectivity index (χ2n) is 5.98. The molecule has 2 rings (SSSR count). The summed E-state index contributed by atoms with van der Waals surface area (Å²) in [7, 11) is -3.55. The molecule has 0 radical (unpaired) electrons. The minimum atomic E-state index is -3.55. The van der Waals surface area contributed by atoms with E-state index in [1.807, 2.05) is 71.0 Å². The van der Waals surface area contributed by atoms with Gasteiger partial charge in [-0.1, -0.05) is 47.5 Å². The van der Waals surface area contributed by atoms with Crippen molar-refractivity contribution in [2.24, 2.45) is 0 Å². The number of rotatable bonds is 4. The number of hydrogen-bond donors (Lipinski definition) is 1. The van der Waals surface area contributed by atoms with E-state index in [-0.39, 0.29) is 6.04 Å². The zero-order valence-corrected chi connectivity index (χ0v) is 14.6. The Hall–Kier alpha value is -1.65. The van der Waals surface area contributed by atoms with Crippen molar-refractivity contribution in [1.29, 1.82) is 0 Å². The quantitative estimate of drug-likeness (QED) is 0.928. The van der Waals surface area contributed by atoms with Gasteiger partial charge in [0.25, 0.3) is 0 Å². The first-order chi connectivity index (χ1) is 10.2. The Bertz CT molecular complexity index is 754. The first-order valence-electron chi connectivity index (χ1n) is 7.37. The van der Waals surface area contributed by atoms with E-state index in [1.54, 1.807) is 0 Å². The van der Waals surface area contributed by atoms with Gasteiger partial charge in [-0.15, -0.1) is 0 Å². The van der Waals surface area contributed by atoms with Gasteiger partial charge in [0, 0.05) is 6.04 Å². The molecule has 0 saturated carbocycles. The molecule has 22 heavy (non-hydrogen) atoms. The smallest absolute Gasteiger partial charge is 0.207 e. The van der Waals surface area contributed by atoms with E-state index in [0.29, 0.717) is 4.90 Å². The predicted octanol–water partition coefficient (Wildman–Crippen LogP) is 3.96. The summed E-state index contributed by atoms with van der Waals surface area (Å²) in [6, 6.07) is 11.4. The van der Waals surface area contributed by atoms with Crippen LogP contribution in [0.3, 0.4) is 0 Å². The van der Waals surface area contributed by atoms with Crippen molar-refractivity contribution in [2.45, 2.75) is 45.6 Å². The molecule has 1 atom stereocenters. The summed E-state index contributed by atoms with van der Waals surface area (Å²) >= 11 is 0. The van der Waals surface area contributed by atoms with Gasteiger partial charge in [0.2, 0.25) is 10.0 Å². The molecule has 0 bridgehead atoms. The standard InChI is InChI=1S/C18H23NO2S/c1-12-6-8-17(9-7-12)16(5)19-22(20,21)18-14(3)10-13(2)11-15(18)4/h6-11,16,19H,1-5H3. The third-order valence-corrected chi connectivity index (χ3v) is 5.63. The van der Waals surface area contributed by atoms with Crippen LogP contribution in [0.5, 0.6) is 0 Å². The lowest BCUT2D eigenvalue weighted by atomic mass is 10.1. The Morgan fingerprint density at radius 2 is 1.36 bits per heavy atom. The normalized spacial score (nSPS) is 13.1. The van der Waals surface area contributed by atoms with E-state index in [1.165, 1.54) is 0 Å². The predicted molar refractivity (Wildman–Crippen MR) is 90.6 cm³/mol. The molecule has 4 heteroatoms. The number of benzene rings is 2. The molecule has 118 valence electrons. The topological polar surface area (TPSA) is 46.2 Å². The van der Waals surface area contributed by atoms with Gasteiger partial charge in [-0.2, -0.15) is 0 Å². The third kappa shape index (κ3) is 3.57. The summed E-state index contributed by atoms with van der Waals surface area (Å²) in [6.07, 6.45) is 0. The second-order valence-corrected chi connectivity index (χ2v) is 7.63. The average Bonchev–Trinajstić information content (AvgIpc) is 2.36. The van der Waals surface area contributed by atoms with E-state index in [2.05, 4.69) is 4.72 Å². The molecule has 2 aromatic rings. The highest BCUT2D eigenvalue weighted by atomic mass is 32.2. The van der Waals surface area contributed by atoms with Crippen LogP contribution in [0.1, 0.15) is 40.8 Å². The number of sulfonamides is 1. The molecule has 0 aliphatic heterocycles. The van der Waals surface area contributed by atoms with Crippen LogP contribution in [0, 0.1) is 27.7 Å². The van der Waals surface area contributed by atoms with Gasteiger partial charge in [-0.05, 0) is 51.3 Å². The molecular formula is C18H23NO2S. The maximum atomic E-state index is 12.7. The van der Waals surface area contributed by atoms with Gasteiger partial charge in [0.15, 0.2) is 0 Å². The Morgan fingerprint density at radius 3 is 1.86 bits per heavy atom. The molecule has 0 heterocycles. The molecule has 2 aromatic carbocycles. The van der Waals surface area contributed by atoms with Crippen molar-refractivity contribution in [3.63, 3.8) is 0 Å². The maximum absolute atomic E-state index is 12.7. The van der Waals surface area contributed by atoms with E-state index in [0.717, 1.165) is 27.8 Å². The van der Waals surface area contributed by atoms with Crippen molar-refractivity contribution < 1.29 is 8.42 Å². The molecule has 0 amide bonds. The summed E-state index contributed by atoms with van der Waals surface area (Å²) in [4.78, 5) is 0.386. The van der Waals surface area contributed by atoms with E-state index >= 15 is 0 Å². The lowest BCUT2D eigenvalue weighted by Crippen LogP contribution is -2.28. The van der Waals surface area contributed by atoms with Gasteiger partial charge in [0.1, 0.15) is 0 Å². The Morgan fingerprint density at radius 1 is 0.864 bits per heavy atom. The lowest BCUT2D eigenvalue weighted by Gasteiger charge is -2.18. The van der Waals surface area contributed by atoms with Crippen molar-refractivity contribution in [3.05, 3.63) is 64.2 Å². The molecule has 0 saturated heterocycles. The van der Waals surface area contributed by atoms with Crippen LogP contribution in [-0.2, 0) is 10.0 Å². The fourth-order valence-electron chi connectivity index (χ4n) is 2.81. The fourth-order valence-corrected chi connectivity index (χ4v) is 4.49. The molecule has 0 spiro atoms. The van der Waals surface area contributed by atoms with Crippen molar-refractivity contribution in [1.82, 2.24) is 4.72 Å². The van der Waals surface area contributed by atoms with Crippen LogP contribution in [-0.4, -0.2) is 8.42 Å². The third-order valence-electron chi connectivity index (χ3n) is 3.78. The number of hydrogen-bond acceptors (Lipinski definition) is 2. The summed E-state index contributed by atoms with van der Waals surface area (Å²) in [5.74, 6) is 0. The molecule has 1 N–H and O–H groups in total. The van der Waals surface area contributed by atoms with Crippen molar-refractivity contribution in [2.75, 3.05) is 0 Å². The second kappa shape index (κ2) is 6.23. The largest absolute Gasteiger partial charge is 0.241 e. The summed E-state index contributed by atoms with van der Waals surface area (Å²) in [6.45, 7) is 9.52. The fraction of sp³-hybridized carbons (Fsp3) is 0.333. The highest BCUT2D eigenvalue weighted by molar-refractivity contribution is 7.89. The van der Waals surface area contributed by atoms with Crippen LogP contribution in [0.4, 0.5) is 0 Å². The maximum Gasteiger partial charge on any atom is 0.241 e. The van der Waals surface area contributed by atoms with Crippen LogP contribution < -0.4 is 4.72 Å². The first kappa shape index (κ1) is 16.7. The highest BCUT2D eigenvalue weighted by Gasteiger charge is 2.22. The van der Waals surface area contributed by atoms with E-state index in [4.69, 9.17) is 0 Å². The van der Waals surface area contributed by atoms with Crippen LogP contribution in [0.15, 0.2) is 41.3 Å². The monoisotopic (exact) mass is 317 g/mol. The van der Waals surface area contributed by atoms with Gasteiger partial charge in [-0.3, -0.25) is 0 Å². The first-order valence-corrected chi connectivity index (χ1v) is 8.86. The van der Waals surface area contributed by atoms with Crippen LogP contribution >= 0.6 is 0 Å².